The topological polar surface area (TPSA) is 83.8 Å². The van der Waals surface area contributed by atoms with Crippen molar-refractivity contribution in [1.29, 1.82) is 0 Å². The van der Waals surface area contributed by atoms with E-state index in [-0.39, 0.29) is 11.9 Å². The van der Waals surface area contributed by atoms with Gasteiger partial charge < -0.3 is 16.0 Å². The van der Waals surface area contributed by atoms with Gasteiger partial charge in [0.1, 0.15) is 5.65 Å². The molecule has 4 N–H and O–H groups in total. The van der Waals surface area contributed by atoms with Crippen LogP contribution in [-0.4, -0.2) is 28.5 Å². The zero-order chi connectivity index (χ0) is 16.8. The van der Waals surface area contributed by atoms with Crippen molar-refractivity contribution in [3.63, 3.8) is 0 Å². The number of nitrogens with two attached hydrogens (primary N) is 1. The number of rotatable bonds is 6. The van der Waals surface area contributed by atoms with E-state index in [1.165, 1.54) is 6.08 Å². The number of pyridine rings is 1. The maximum atomic E-state index is 12.2. The number of aromatic amines is 1. The van der Waals surface area contributed by atoms with Crippen LogP contribution in [0, 0.1) is 0 Å². The number of nitrogens with zero attached hydrogens (tertiary/aromatic N) is 1. The number of aromatic nitrogens is 2. The minimum atomic E-state index is -0.153. The molecular weight excluding hydrogens is 300 g/mol. The van der Waals surface area contributed by atoms with Crippen molar-refractivity contribution in [1.82, 2.24) is 15.3 Å². The molecule has 0 aliphatic rings. The summed E-state index contributed by atoms with van der Waals surface area (Å²) in [7, 11) is 0. The van der Waals surface area contributed by atoms with E-state index in [0.717, 1.165) is 22.2 Å². The minimum absolute atomic E-state index is 0.0887. The van der Waals surface area contributed by atoms with Gasteiger partial charge in [0.25, 0.3) is 0 Å². The smallest absolute Gasteiger partial charge is 0.244 e. The quantitative estimate of drug-likeness (QED) is 0.609. The number of hydrogen-bond acceptors (Lipinski definition) is 3. The summed E-state index contributed by atoms with van der Waals surface area (Å²) in [4.78, 5) is 19.5. The molecule has 0 aliphatic heterocycles. The van der Waals surface area contributed by atoms with Crippen LogP contribution in [0.5, 0.6) is 0 Å². The van der Waals surface area contributed by atoms with Gasteiger partial charge >= 0.3 is 0 Å². The summed E-state index contributed by atoms with van der Waals surface area (Å²) in [5, 5.41) is 3.94. The van der Waals surface area contributed by atoms with Gasteiger partial charge in [0, 0.05) is 42.0 Å². The van der Waals surface area contributed by atoms with Crippen molar-refractivity contribution in [2.45, 2.75) is 12.5 Å². The summed E-state index contributed by atoms with van der Waals surface area (Å²) in [6.07, 6.45) is 7.60. The Morgan fingerprint density at radius 3 is 2.88 bits per heavy atom. The summed E-state index contributed by atoms with van der Waals surface area (Å²) < 4.78 is 0. The summed E-state index contributed by atoms with van der Waals surface area (Å²) in [6.45, 7) is 0.394. The molecule has 0 saturated carbocycles. The molecule has 1 amide bonds. The Kier molecular flexibility index (Phi) is 5.03. The first kappa shape index (κ1) is 16.0. The first-order valence-corrected chi connectivity index (χ1v) is 7.91. The maximum Gasteiger partial charge on any atom is 0.244 e. The molecule has 0 unspecified atom stereocenters. The number of carbonyl (C=O) groups excluding carboxylic acids is 1. The molecule has 1 atom stereocenters. The number of H-pyrrole nitrogens is 1. The Morgan fingerprint density at radius 2 is 2.08 bits per heavy atom. The summed E-state index contributed by atoms with van der Waals surface area (Å²) in [6, 6.07) is 13.7. The van der Waals surface area contributed by atoms with E-state index < -0.39 is 0 Å². The van der Waals surface area contributed by atoms with E-state index in [0.29, 0.717) is 13.0 Å². The van der Waals surface area contributed by atoms with Crippen molar-refractivity contribution in [3.8, 4) is 0 Å². The number of fused-ring (bicyclic) bond motifs is 1. The molecule has 0 aliphatic carbocycles. The fourth-order valence-electron chi connectivity index (χ4n) is 2.62. The fourth-order valence-corrected chi connectivity index (χ4v) is 2.62. The number of hydrogen-bond donors (Lipinski definition) is 3. The molecule has 0 bridgehead atoms. The molecule has 122 valence electrons. The van der Waals surface area contributed by atoms with Crippen LogP contribution in [0.25, 0.3) is 17.1 Å². The van der Waals surface area contributed by atoms with Crippen LogP contribution >= 0.6 is 0 Å². The van der Waals surface area contributed by atoms with Crippen molar-refractivity contribution >= 4 is 23.0 Å². The van der Waals surface area contributed by atoms with E-state index in [4.69, 9.17) is 5.73 Å². The second-order valence-corrected chi connectivity index (χ2v) is 5.61. The lowest BCUT2D eigenvalue weighted by Crippen LogP contribution is -2.40. The maximum absolute atomic E-state index is 12.2. The van der Waals surface area contributed by atoms with Gasteiger partial charge in [-0.2, -0.15) is 0 Å². The molecule has 0 spiro atoms. The Morgan fingerprint density at radius 1 is 1.25 bits per heavy atom. The van der Waals surface area contributed by atoms with Crippen molar-refractivity contribution in [2.24, 2.45) is 5.73 Å². The second kappa shape index (κ2) is 7.57. The first-order chi connectivity index (χ1) is 11.8. The number of nitrogens with one attached hydrogen (secondary N) is 2. The summed E-state index contributed by atoms with van der Waals surface area (Å²) >= 11 is 0. The first-order valence-electron chi connectivity index (χ1n) is 7.91. The van der Waals surface area contributed by atoms with Crippen LogP contribution in [0.1, 0.15) is 11.1 Å². The van der Waals surface area contributed by atoms with Crippen molar-refractivity contribution < 1.29 is 4.79 Å². The molecular formula is C19H20N4O. The zero-order valence-corrected chi connectivity index (χ0v) is 13.3. The highest BCUT2D eigenvalue weighted by Crippen LogP contribution is 2.16. The average molecular weight is 320 g/mol. The number of carbonyl (C=O) groups is 1. The average Bonchev–Trinajstić information content (AvgIpc) is 3.03. The van der Waals surface area contributed by atoms with Gasteiger partial charge in [-0.05, 0) is 30.2 Å². The Bertz CT molecular complexity index is 839. The van der Waals surface area contributed by atoms with Crippen LogP contribution in [0.15, 0.2) is 60.9 Å². The van der Waals surface area contributed by atoms with E-state index in [1.54, 1.807) is 12.3 Å². The van der Waals surface area contributed by atoms with E-state index in [9.17, 15) is 4.79 Å². The minimum Gasteiger partial charge on any atom is -0.348 e. The van der Waals surface area contributed by atoms with Crippen LogP contribution in [0.3, 0.4) is 0 Å². The molecule has 1 aromatic carbocycles. The fraction of sp³-hybridized carbons (Fsp3) is 0.158. The molecule has 0 saturated heterocycles. The van der Waals surface area contributed by atoms with Gasteiger partial charge in [0.15, 0.2) is 0 Å². The Labute approximate surface area is 140 Å². The lowest BCUT2D eigenvalue weighted by Gasteiger charge is -2.15. The molecule has 0 fully saturated rings. The molecule has 24 heavy (non-hydrogen) atoms. The summed E-state index contributed by atoms with van der Waals surface area (Å²) in [5.74, 6) is -0.153. The van der Waals surface area contributed by atoms with E-state index in [2.05, 4.69) is 15.3 Å². The third kappa shape index (κ3) is 3.88. The highest BCUT2D eigenvalue weighted by molar-refractivity contribution is 5.95. The molecule has 5 heteroatoms. The van der Waals surface area contributed by atoms with Crippen LogP contribution in [0.4, 0.5) is 0 Å². The van der Waals surface area contributed by atoms with Gasteiger partial charge in [0.05, 0.1) is 0 Å². The number of amides is 1. The van der Waals surface area contributed by atoms with E-state index in [1.807, 2.05) is 48.7 Å². The molecule has 0 radical (unpaired) electrons. The normalized spacial score (nSPS) is 12.5. The third-order valence-corrected chi connectivity index (χ3v) is 3.85. The molecule has 5 nitrogen and oxygen atoms in total. The lowest BCUT2D eigenvalue weighted by molar-refractivity contribution is -0.117. The van der Waals surface area contributed by atoms with Crippen LogP contribution in [-0.2, 0) is 11.2 Å². The van der Waals surface area contributed by atoms with Gasteiger partial charge in [0.2, 0.25) is 5.91 Å². The predicted molar refractivity (Wildman–Crippen MR) is 96.3 cm³/mol. The Balaban J connectivity index is 1.63. The van der Waals surface area contributed by atoms with Gasteiger partial charge in [-0.1, -0.05) is 30.3 Å². The second-order valence-electron chi connectivity index (χ2n) is 5.61. The highest BCUT2D eigenvalue weighted by atomic mass is 16.1. The standard InChI is InChI=1S/C19H20N4O/c20-12-16(11-14-5-2-1-3-6-14)23-18(24)9-8-15-13-22-19-17(15)7-4-10-21-19/h1-10,13,16H,11-12,20H2,(H,21,22)(H,23,24)/b9-8+/t16-/m1/s1. The summed E-state index contributed by atoms with van der Waals surface area (Å²) in [5.41, 5.74) is 8.67. The van der Waals surface area contributed by atoms with Crippen molar-refractivity contribution in [3.05, 3.63) is 72.1 Å². The number of benzene rings is 1. The predicted octanol–water partition coefficient (Wildman–Crippen LogP) is 2.26. The van der Waals surface area contributed by atoms with Gasteiger partial charge in [-0.15, -0.1) is 0 Å². The van der Waals surface area contributed by atoms with Gasteiger partial charge in [-0.25, -0.2) is 4.98 Å². The Hall–Kier alpha value is -2.92. The van der Waals surface area contributed by atoms with Gasteiger partial charge in [-0.3, -0.25) is 4.79 Å². The molecule has 2 aromatic heterocycles. The lowest BCUT2D eigenvalue weighted by atomic mass is 10.1. The van der Waals surface area contributed by atoms with Crippen LogP contribution < -0.4 is 11.1 Å². The molecule has 3 rings (SSSR count). The molecule has 3 aromatic rings. The van der Waals surface area contributed by atoms with Crippen molar-refractivity contribution in [2.75, 3.05) is 6.54 Å². The third-order valence-electron chi connectivity index (χ3n) is 3.85. The van der Waals surface area contributed by atoms with Crippen LogP contribution in [0.2, 0.25) is 0 Å². The largest absolute Gasteiger partial charge is 0.348 e. The SMILES string of the molecule is NC[C@@H](Cc1ccccc1)NC(=O)/C=C/c1c[nH]c2ncccc12. The molecule has 2 heterocycles. The zero-order valence-electron chi connectivity index (χ0n) is 13.3. The monoisotopic (exact) mass is 320 g/mol. The van der Waals surface area contributed by atoms with E-state index >= 15 is 0 Å². The highest BCUT2D eigenvalue weighted by Gasteiger charge is 2.10.